The fourth-order valence-electron chi connectivity index (χ4n) is 1.90. The summed E-state index contributed by atoms with van der Waals surface area (Å²) in [6.45, 7) is 0.303. The van der Waals surface area contributed by atoms with E-state index >= 15 is 0 Å². The molecule has 1 saturated carbocycles. The molecule has 3 nitrogen and oxygen atoms in total. The van der Waals surface area contributed by atoms with Gasteiger partial charge in [0.1, 0.15) is 6.54 Å². The third-order valence-electron chi connectivity index (χ3n) is 3.09. The molecule has 0 amide bonds. The van der Waals surface area contributed by atoms with Crippen LogP contribution in [0, 0.1) is 6.92 Å². The van der Waals surface area contributed by atoms with Gasteiger partial charge in [0.2, 0.25) is 10.0 Å². The SMILES string of the molecule is Cc1cc(Br)c(S(=O)(=O)N(CC(F)(F)F)C2CC2)cc1Br. The number of hydrogen-bond acceptors (Lipinski definition) is 2. The molecule has 0 bridgehead atoms. The molecule has 0 aromatic heterocycles. The first-order valence-electron chi connectivity index (χ1n) is 6.06. The summed E-state index contributed by atoms with van der Waals surface area (Å²) < 4.78 is 64.4. The van der Waals surface area contributed by atoms with Crippen LogP contribution in [0.1, 0.15) is 18.4 Å². The second kappa shape index (κ2) is 5.82. The van der Waals surface area contributed by atoms with Gasteiger partial charge in [-0.1, -0.05) is 15.9 Å². The lowest BCUT2D eigenvalue weighted by Gasteiger charge is -2.24. The monoisotopic (exact) mass is 449 g/mol. The zero-order valence-corrected chi connectivity index (χ0v) is 14.9. The van der Waals surface area contributed by atoms with E-state index in [1.807, 2.05) is 0 Å². The minimum atomic E-state index is -4.57. The van der Waals surface area contributed by atoms with Crippen molar-refractivity contribution in [3.8, 4) is 0 Å². The lowest BCUT2D eigenvalue weighted by Crippen LogP contribution is -2.40. The van der Waals surface area contributed by atoms with E-state index in [4.69, 9.17) is 0 Å². The molecule has 1 aliphatic carbocycles. The van der Waals surface area contributed by atoms with Gasteiger partial charge in [0.15, 0.2) is 0 Å². The quantitative estimate of drug-likeness (QED) is 0.688. The number of nitrogens with zero attached hydrogens (tertiary/aromatic N) is 1. The van der Waals surface area contributed by atoms with Crippen LogP contribution in [-0.4, -0.2) is 31.5 Å². The Morgan fingerprint density at radius 2 is 1.81 bits per heavy atom. The predicted octanol–water partition coefficient (Wildman–Crippen LogP) is 4.24. The topological polar surface area (TPSA) is 37.4 Å². The Kier molecular flexibility index (Phi) is 4.78. The first kappa shape index (κ1) is 17.2. The maximum atomic E-state index is 12.7. The third kappa shape index (κ3) is 4.00. The van der Waals surface area contributed by atoms with Gasteiger partial charge in [-0.05, 0) is 53.4 Å². The zero-order chi connectivity index (χ0) is 16.0. The van der Waals surface area contributed by atoms with Crippen molar-refractivity contribution < 1.29 is 21.6 Å². The average molecular weight is 451 g/mol. The van der Waals surface area contributed by atoms with E-state index < -0.39 is 28.8 Å². The molecule has 0 aliphatic heterocycles. The van der Waals surface area contributed by atoms with Gasteiger partial charge in [-0.2, -0.15) is 17.5 Å². The van der Waals surface area contributed by atoms with Crippen LogP contribution in [0.15, 0.2) is 26.0 Å². The Hall–Kier alpha value is -0.120. The first-order chi connectivity index (χ1) is 9.52. The van der Waals surface area contributed by atoms with Crippen molar-refractivity contribution in [2.24, 2.45) is 0 Å². The number of halogens is 5. The van der Waals surface area contributed by atoms with Crippen molar-refractivity contribution in [3.63, 3.8) is 0 Å². The number of aryl methyl sites for hydroxylation is 1. The highest BCUT2D eigenvalue weighted by Gasteiger charge is 2.45. The highest BCUT2D eigenvalue weighted by atomic mass is 79.9. The van der Waals surface area contributed by atoms with Crippen LogP contribution < -0.4 is 0 Å². The number of benzene rings is 1. The van der Waals surface area contributed by atoms with E-state index in [0.29, 0.717) is 21.6 Å². The average Bonchev–Trinajstić information content (AvgIpc) is 3.13. The van der Waals surface area contributed by atoms with Crippen LogP contribution in [0.2, 0.25) is 0 Å². The molecule has 1 aliphatic rings. The molecule has 0 radical (unpaired) electrons. The molecule has 0 saturated heterocycles. The number of alkyl halides is 3. The van der Waals surface area contributed by atoms with Gasteiger partial charge in [-0.3, -0.25) is 0 Å². The van der Waals surface area contributed by atoms with Crippen LogP contribution in [-0.2, 0) is 10.0 Å². The molecule has 1 fully saturated rings. The third-order valence-corrected chi connectivity index (χ3v) is 6.80. The second-order valence-electron chi connectivity index (χ2n) is 4.93. The summed E-state index contributed by atoms with van der Waals surface area (Å²) in [5.74, 6) is 0. The molecule has 9 heteroatoms. The first-order valence-corrected chi connectivity index (χ1v) is 9.09. The fourth-order valence-corrected chi connectivity index (χ4v) is 5.21. The molecule has 0 unspecified atom stereocenters. The van der Waals surface area contributed by atoms with Gasteiger partial charge < -0.3 is 0 Å². The Morgan fingerprint density at radius 1 is 1.24 bits per heavy atom. The van der Waals surface area contributed by atoms with Crippen molar-refractivity contribution in [2.75, 3.05) is 6.54 Å². The smallest absolute Gasteiger partial charge is 0.207 e. The van der Waals surface area contributed by atoms with Gasteiger partial charge in [0.05, 0.1) is 4.90 Å². The van der Waals surface area contributed by atoms with E-state index in [9.17, 15) is 21.6 Å². The molecule has 118 valence electrons. The van der Waals surface area contributed by atoms with E-state index in [1.54, 1.807) is 13.0 Å². The van der Waals surface area contributed by atoms with Crippen molar-refractivity contribution in [2.45, 2.75) is 36.9 Å². The van der Waals surface area contributed by atoms with Crippen LogP contribution in [0.3, 0.4) is 0 Å². The standard InChI is InChI=1S/C12H12Br2F3NO2S/c1-7-4-10(14)11(5-9(7)13)21(19,20)18(8-2-3-8)6-12(15,16)17/h4-5,8H,2-3,6H2,1H3. The summed E-state index contributed by atoms with van der Waals surface area (Å²) >= 11 is 6.34. The maximum Gasteiger partial charge on any atom is 0.402 e. The van der Waals surface area contributed by atoms with Crippen LogP contribution in [0.5, 0.6) is 0 Å². The Bertz CT molecular complexity index is 657. The van der Waals surface area contributed by atoms with Crippen LogP contribution >= 0.6 is 31.9 Å². The summed E-state index contributed by atoms with van der Waals surface area (Å²) in [5, 5.41) is 0. The van der Waals surface area contributed by atoms with Crippen molar-refractivity contribution in [3.05, 3.63) is 26.6 Å². The molecular weight excluding hydrogens is 439 g/mol. The van der Waals surface area contributed by atoms with Crippen molar-refractivity contribution >= 4 is 41.9 Å². The Labute approximate surface area is 137 Å². The molecule has 0 heterocycles. The highest BCUT2D eigenvalue weighted by molar-refractivity contribution is 9.11. The minimum Gasteiger partial charge on any atom is -0.207 e. The summed E-state index contributed by atoms with van der Waals surface area (Å²) in [5.41, 5.74) is 0.787. The van der Waals surface area contributed by atoms with Gasteiger partial charge in [-0.25, -0.2) is 8.42 Å². The number of sulfonamides is 1. The van der Waals surface area contributed by atoms with Crippen molar-refractivity contribution in [1.29, 1.82) is 0 Å². The molecule has 1 aromatic carbocycles. The summed E-state index contributed by atoms with van der Waals surface area (Å²) in [6.07, 6.45) is -3.65. The van der Waals surface area contributed by atoms with Crippen molar-refractivity contribution in [1.82, 2.24) is 4.31 Å². The zero-order valence-electron chi connectivity index (χ0n) is 10.9. The molecule has 0 N–H and O–H groups in total. The lowest BCUT2D eigenvalue weighted by molar-refractivity contribution is -0.137. The van der Waals surface area contributed by atoms with Gasteiger partial charge in [0, 0.05) is 15.0 Å². The van der Waals surface area contributed by atoms with Gasteiger partial charge >= 0.3 is 6.18 Å². The molecule has 2 rings (SSSR count). The normalized spacial score (nSPS) is 16.5. The minimum absolute atomic E-state index is 0.156. The molecule has 1 aromatic rings. The molecule has 0 spiro atoms. The van der Waals surface area contributed by atoms with E-state index in [0.717, 1.165) is 5.56 Å². The summed E-state index contributed by atoms with van der Waals surface area (Å²) in [6, 6.07) is 2.33. The lowest BCUT2D eigenvalue weighted by atomic mass is 10.2. The Balaban J connectivity index is 2.46. The second-order valence-corrected chi connectivity index (χ2v) is 8.50. The van der Waals surface area contributed by atoms with Crippen LogP contribution in [0.25, 0.3) is 0 Å². The van der Waals surface area contributed by atoms with E-state index in [2.05, 4.69) is 31.9 Å². The molecule has 21 heavy (non-hydrogen) atoms. The summed E-state index contributed by atoms with van der Waals surface area (Å²) in [7, 11) is -4.20. The Morgan fingerprint density at radius 3 is 2.29 bits per heavy atom. The van der Waals surface area contributed by atoms with Gasteiger partial charge in [0.25, 0.3) is 0 Å². The maximum absolute atomic E-state index is 12.7. The van der Waals surface area contributed by atoms with Crippen LogP contribution in [0.4, 0.5) is 13.2 Å². The fraction of sp³-hybridized carbons (Fsp3) is 0.500. The number of hydrogen-bond donors (Lipinski definition) is 0. The van der Waals surface area contributed by atoms with Gasteiger partial charge in [-0.15, -0.1) is 0 Å². The number of rotatable bonds is 4. The highest BCUT2D eigenvalue weighted by Crippen LogP contribution is 2.38. The predicted molar refractivity (Wildman–Crippen MR) is 79.5 cm³/mol. The largest absolute Gasteiger partial charge is 0.402 e. The molecular formula is C12H12Br2F3NO2S. The molecule has 0 atom stereocenters. The summed E-state index contributed by atoms with van der Waals surface area (Å²) in [4.78, 5) is -0.156. The van der Waals surface area contributed by atoms with E-state index in [-0.39, 0.29) is 9.37 Å². The van der Waals surface area contributed by atoms with E-state index in [1.165, 1.54) is 6.07 Å².